The molecule has 2 unspecified atom stereocenters. The molecule has 4 atom stereocenters. The van der Waals surface area contributed by atoms with Crippen LogP contribution in [0.15, 0.2) is 54.7 Å². The molecule has 1 heterocycles. The molecule has 20 heavy (non-hydrogen) atoms. The molecule has 100 valence electrons. The summed E-state index contributed by atoms with van der Waals surface area (Å²) in [6, 6.07) is 16.9. The molecule has 0 saturated heterocycles. The number of rotatable bonds is 3. The van der Waals surface area contributed by atoms with Crippen molar-refractivity contribution >= 4 is 6.29 Å². The van der Waals surface area contributed by atoms with Gasteiger partial charge in [-0.2, -0.15) is 0 Å². The Morgan fingerprint density at radius 1 is 1.00 bits per heavy atom. The lowest BCUT2D eigenvalue weighted by Crippen LogP contribution is -2.20. The molecule has 0 bridgehead atoms. The number of hydrogen-bond donors (Lipinski definition) is 0. The standard InChI is InChI=1S/C18H17NO/c20-12-13-10-15-16(11-13)18(15,14-6-2-1-3-7-14)17-8-4-5-9-19-17/h1-9,12-13,15-16H,10-11H2/t13?,15-,16+,18?. The highest BCUT2D eigenvalue weighted by molar-refractivity contribution is 5.58. The minimum absolute atomic E-state index is 0.0576. The van der Waals surface area contributed by atoms with Crippen molar-refractivity contribution in [1.29, 1.82) is 0 Å². The van der Waals surface area contributed by atoms with E-state index in [0.29, 0.717) is 11.8 Å². The number of hydrogen-bond acceptors (Lipinski definition) is 2. The van der Waals surface area contributed by atoms with E-state index in [9.17, 15) is 4.79 Å². The van der Waals surface area contributed by atoms with Crippen LogP contribution in [0.4, 0.5) is 0 Å². The summed E-state index contributed by atoms with van der Waals surface area (Å²) >= 11 is 0. The maximum atomic E-state index is 11.0. The zero-order chi connectivity index (χ0) is 13.6. The first-order valence-electron chi connectivity index (χ1n) is 7.29. The third-order valence-corrected chi connectivity index (χ3v) is 5.19. The number of aldehydes is 1. The van der Waals surface area contributed by atoms with Crippen molar-refractivity contribution in [3.05, 3.63) is 66.0 Å². The van der Waals surface area contributed by atoms with Crippen molar-refractivity contribution in [1.82, 2.24) is 4.98 Å². The zero-order valence-corrected chi connectivity index (χ0v) is 11.3. The summed E-state index contributed by atoms with van der Waals surface area (Å²) in [5.41, 5.74) is 2.59. The van der Waals surface area contributed by atoms with Crippen LogP contribution < -0.4 is 0 Å². The van der Waals surface area contributed by atoms with Crippen molar-refractivity contribution in [3.63, 3.8) is 0 Å². The highest BCUT2D eigenvalue weighted by Crippen LogP contribution is 2.71. The molecule has 0 aliphatic heterocycles. The Bertz CT molecular complexity index is 569. The first-order chi connectivity index (χ1) is 9.87. The minimum atomic E-state index is 0.0576. The van der Waals surface area contributed by atoms with E-state index in [1.807, 2.05) is 12.3 Å². The van der Waals surface area contributed by atoms with Crippen LogP contribution in [0.25, 0.3) is 0 Å². The first-order valence-corrected chi connectivity index (χ1v) is 7.29. The third-order valence-electron chi connectivity index (χ3n) is 5.19. The van der Waals surface area contributed by atoms with Crippen molar-refractivity contribution in [2.45, 2.75) is 18.3 Å². The summed E-state index contributed by atoms with van der Waals surface area (Å²) in [6.07, 6.45) is 5.05. The quantitative estimate of drug-likeness (QED) is 0.796. The SMILES string of the molecule is O=CC1C[C@@H]2[C@H](C1)C2(c1ccccc1)c1ccccn1. The van der Waals surface area contributed by atoms with Gasteiger partial charge < -0.3 is 4.79 Å². The maximum absolute atomic E-state index is 11.0. The molecule has 1 aromatic heterocycles. The second-order valence-electron chi connectivity index (χ2n) is 6.03. The second-order valence-corrected chi connectivity index (χ2v) is 6.03. The van der Waals surface area contributed by atoms with E-state index >= 15 is 0 Å². The summed E-state index contributed by atoms with van der Waals surface area (Å²) in [6.45, 7) is 0. The fourth-order valence-electron chi connectivity index (χ4n) is 4.38. The molecule has 0 radical (unpaired) electrons. The summed E-state index contributed by atoms with van der Waals surface area (Å²) < 4.78 is 0. The van der Waals surface area contributed by atoms with Crippen LogP contribution in [0.3, 0.4) is 0 Å². The van der Waals surface area contributed by atoms with Crippen LogP contribution in [-0.4, -0.2) is 11.3 Å². The summed E-state index contributed by atoms with van der Waals surface area (Å²) in [5.74, 6) is 1.41. The Kier molecular flexibility index (Phi) is 2.53. The van der Waals surface area contributed by atoms with E-state index in [4.69, 9.17) is 0 Å². The average Bonchev–Trinajstić information content (AvgIpc) is 2.93. The van der Waals surface area contributed by atoms with Crippen LogP contribution >= 0.6 is 0 Å². The highest BCUT2D eigenvalue weighted by Gasteiger charge is 2.70. The van der Waals surface area contributed by atoms with Crippen LogP contribution in [0.5, 0.6) is 0 Å². The lowest BCUT2D eigenvalue weighted by atomic mass is 9.82. The molecule has 2 heteroatoms. The van der Waals surface area contributed by atoms with Gasteiger partial charge in [0.25, 0.3) is 0 Å². The number of fused-ring (bicyclic) bond motifs is 1. The van der Waals surface area contributed by atoms with E-state index in [-0.39, 0.29) is 11.3 Å². The lowest BCUT2D eigenvalue weighted by molar-refractivity contribution is -0.111. The van der Waals surface area contributed by atoms with E-state index in [1.54, 1.807) is 0 Å². The van der Waals surface area contributed by atoms with Crippen molar-refractivity contribution < 1.29 is 4.79 Å². The van der Waals surface area contributed by atoms with Gasteiger partial charge in [-0.3, -0.25) is 4.98 Å². The van der Waals surface area contributed by atoms with Gasteiger partial charge in [0, 0.05) is 17.5 Å². The van der Waals surface area contributed by atoms with Gasteiger partial charge in [0.1, 0.15) is 6.29 Å². The number of nitrogens with zero attached hydrogens (tertiary/aromatic N) is 1. The van der Waals surface area contributed by atoms with Gasteiger partial charge >= 0.3 is 0 Å². The van der Waals surface area contributed by atoms with Gasteiger partial charge in [-0.05, 0) is 42.4 Å². The Morgan fingerprint density at radius 2 is 1.70 bits per heavy atom. The van der Waals surface area contributed by atoms with Crippen LogP contribution in [0.2, 0.25) is 0 Å². The van der Waals surface area contributed by atoms with Crippen molar-refractivity contribution in [2.24, 2.45) is 17.8 Å². The molecule has 2 aliphatic rings. The molecule has 2 aromatic rings. The topological polar surface area (TPSA) is 30.0 Å². The van der Waals surface area contributed by atoms with Gasteiger partial charge in [0.05, 0.1) is 5.69 Å². The van der Waals surface area contributed by atoms with E-state index < -0.39 is 0 Å². The number of carbonyl (C=O) groups is 1. The van der Waals surface area contributed by atoms with Gasteiger partial charge in [-0.15, -0.1) is 0 Å². The minimum Gasteiger partial charge on any atom is -0.303 e. The monoisotopic (exact) mass is 263 g/mol. The normalized spacial score (nSPS) is 34.5. The van der Waals surface area contributed by atoms with Crippen LogP contribution in [0.1, 0.15) is 24.1 Å². The van der Waals surface area contributed by atoms with Crippen LogP contribution in [-0.2, 0) is 10.2 Å². The molecule has 2 fully saturated rings. The summed E-state index contributed by atoms with van der Waals surface area (Å²) in [5, 5.41) is 0. The smallest absolute Gasteiger partial charge is 0.123 e. The molecule has 0 amide bonds. The second kappa shape index (κ2) is 4.27. The predicted octanol–water partition coefficient (Wildman–Crippen LogP) is 3.22. The van der Waals surface area contributed by atoms with Crippen molar-refractivity contribution in [3.8, 4) is 0 Å². The Morgan fingerprint density at radius 3 is 2.30 bits per heavy atom. The molecule has 2 aliphatic carbocycles. The molecule has 0 N–H and O–H groups in total. The van der Waals surface area contributed by atoms with Gasteiger partial charge in [0.15, 0.2) is 0 Å². The molecular weight excluding hydrogens is 246 g/mol. The van der Waals surface area contributed by atoms with Crippen molar-refractivity contribution in [2.75, 3.05) is 0 Å². The highest BCUT2D eigenvalue weighted by atomic mass is 16.1. The van der Waals surface area contributed by atoms with E-state index in [0.717, 1.165) is 19.1 Å². The fourth-order valence-corrected chi connectivity index (χ4v) is 4.38. The predicted molar refractivity (Wildman–Crippen MR) is 77.2 cm³/mol. The van der Waals surface area contributed by atoms with Gasteiger partial charge in [-0.25, -0.2) is 0 Å². The summed E-state index contributed by atoms with van der Waals surface area (Å²) in [7, 11) is 0. The van der Waals surface area contributed by atoms with E-state index in [2.05, 4.69) is 47.4 Å². The first kappa shape index (κ1) is 11.8. The number of carbonyl (C=O) groups excluding carboxylic acids is 1. The zero-order valence-electron chi connectivity index (χ0n) is 11.3. The van der Waals surface area contributed by atoms with Gasteiger partial charge in [-0.1, -0.05) is 36.4 Å². The summed E-state index contributed by atoms with van der Waals surface area (Å²) in [4.78, 5) is 15.7. The number of pyridine rings is 1. The van der Waals surface area contributed by atoms with Crippen LogP contribution in [0, 0.1) is 17.8 Å². The number of benzene rings is 1. The van der Waals surface area contributed by atoms with E-state index in [1.165, 1.54) is 11.3 Å². The largest absolute Gasteiger partial charge is 0.303 e. The molecule has 0 spiro atoms. The van der Waals surface area contributed by atoms with Gasteiger partial charge in [0.2, 0.25) is 0 Å². The average molecular weight is 263 g/mol. The molecule has 1 aromatic carbocycles. The fraction of sp³-hybridized carbons (Fsp3) is 0.333. The lowest BCUT2D eigenvalue weighted by Gasteiger charge is -2.22. The Labute approximate surface area is 118 Å². The molecule has 2 saturated carbocycles. The Balaban J connectivity index is 1.80. The molecular formula is C18H17NO. The maximum Gasteiger partial charge on any atom is 0.123 e. The molecule has 4 rings (SSSR count). The third kappa shape index (κ3) is 1.45. The molecule has 2 nitrogen and oxygen atoms in total. The number of aromatic nitrogens is 1. The Hall–Kier alpha value is -1.96.